The molecular weight excluding hydrogens is 296 g/mol. The molecule has 2 atom stereocenters. The Morgan fingerprint density at radius 1 is 1.18 bits per heavy atom. The second kappa shape index (κ2) is 7.43. The molecule has 2 aromatic rings. The normalized spacial score (nSPS) is 13.5. The lowest BCUT2D eigenvalue weighted by atomic mass is 10.1. The Hall–Kier alpha value is -1.84. The van der Waals surface area contributed by atoms with Crippen LogP contribution in [0.5, 0.6) is 0 Å². The average molecular weight is 318 g/mol. The van der Waals surface area contributed by atoms with Crippen molar-refractivity contribution in [1.82, 2.24) is 5.32 Å². The largest absolute Gasteiger partial charge is 0.355 e. The molecular formula is C18H22ClN2O+. The van der Waals surface area contributed by atoms with E-state index in [9.17, 15) is 4.79 Å². The van der Waals surface area contributed by atoms with Gasteiger partial charge in [-0.15, -0.1) is 0 Å². The summed E-state index contributed by atoms with van der Waals surface area (Å²) in [5.41, 5.74) is 3.04. The van der Waals surface area contributed by atoms with Crippen LogP contribution in [-0.4, -0.2) is 20.0 Å². The lowest BCUT2D eigenvalue weighted by Gasteiger charge is -2.23. The van der Waals surface area contributed by atoms with E-state index >= 15 is 0 Å². The number of carbonyl (C=O) groups excluding carboxylic acids is 1. The van der Waals surface area contributed by atoms with Crippen LogP contribution in [0.4, 0.5) is 0 Å². The lowest BCUT2D eigenvalue weighted by Crippen LogP contribution is -3.07. The summed E-state index contributed by atoms with van der Waals surface area (Å²) in [7, 11) is 3.79. The lowest BCUT2D eigenvalue weighted by molar-refractivity contribution is -0.924. The highest BCUT2D eigenvalue weighted by Gasteiger charge is 2.18. The first-order valence-corrected chi connectivity index (χ1v) is 7.78. The molecule has 3 nitrogen and oxygen atoms in total. The van der Waals surface area contributed by atoms with Crippen molar-refractivity contribution in [2.75, 3.05) is 14.1 Å². The van der Waals surface area contributed by atoms with Crippen LogP contribution in [0.25, 0.3) is 0 Å². The fourth-order valence-electron chi connectivity index (χ4n) is 2.49. The van der Waals surface area contributed by atoms with Crippen LogP contribution in [0.3, 0.4) is 0 Å². The van der Waals surface area contributed by atoms with E-state index in [2.05, 4.69) is 25.4 Å². The Labute approximate surface area is 136 Å². The Bertz CT molecular complexity index is 640. The van der Waals surface area contributed by atoms with Gasteiger partial charge in [-0.05, 0) is 25.1 Å². The topological polar surface area (TPSA) is 33.5 Å². The van der Waals surface area contributed by atoms with Gasteiger partial charge >= 0.3 is 0 Å². The number of carbonyl (C=O) groups is 1. The van der Waals surface area contributed by atoms with Crippen LogP contribution < -0.4 is 10.2 Å². The number of rotatable bonds is 5. The fraction of sp³-hybridized carbons (Fsp3) is 0.278. The predicted molar refractivity (Wildman–Crippen MR) is 90.3 cm³/mol. The molecule has 2 N–H and O–H groups in total. The monoisotopic (exact) mass is 317 g/mol. The van der Waals surface area contributed by atoms with Crippen molar-refractivity contribution < 1.29 is 9.69 Å². The molecule has 0 saturated carbocycles. The average Bonchev–Trinajstić information content (AvgIpc) is 2.54. The van der Waals surface area contributed by atoms with Crippen molar-refractivity contribution in [1.29, 1.82) is 0 Å². The quantitative estimate of drug-likeness (QED) is 0.873. The van der Waals surface area contributed by atoms with Gasteiger partial charge in [-0.25, -0.2) is 0 Å². The first-order valence-electron chi connectivity index (χ1n) is 7.40. The molecule has 22 heavy (non-hydrogen) atoms. The van der Waals surface area contributed by atoms with Crippen molar-refractivity contribution in [3.63, 3.8) is 0 Å². The van der Waals surface area contributed by atoms with Crippen molar-refractivity contribution in [3.05, 3.63) is 70.2 Å². The predicted octanol–water partition coefficient (Wildman–Crippen LogP) is 2.48. The van der Waals surface area contributed by atoms with Gasteiger partial charge in [0, 0.05) is 28.8 Å². The molecule has 116 valence electrons. The first kappa shape index (κ1) is 16.5. The molecule has 0 radical (unpaired) electrons. The second-order valence-corrected chi connectivity index (χ2v) is 5.95. The summed E-state index contributed by atoms with van der Waals surface area (Å²) in [4.78, 5) is 12.9. The maximum absolute atomic E-state index is 11.5. The maximum atomic E-state index is 11.5. The van der Waals surface area contributed by atoms with Crippen molar-refractivity contribution >= 4 is 17.5 Å². The SMILES string of the molecule is CNC(=O)c1ccc(C[NH+](C)[C@@H](C)c2ccccc2Cl)cc1. The van der Waals surface area contributed by atoms with Crippen LogP contribution in [0, 0.1) is 0 Å². The standard InChI is InChI=1S/C18H21ClN2O/c1-13(16-6-4-5-7-17(16)19)21(3)12-14-8-10-15(11-9-14)18(22)20-2/h4-11,13H,12H2,1-3H3,(H,20,22)/p+1/t13-/m0/s1. The van der Waals surface area contributed by atoms with Crippen LogP contribution in [0.15, 0.2) is 48.5 Å². The van der Waals surface area contributed by atoms with Crippen molar-refractivity contribution in [2.24, 2.45) is 0 Å². The van der Waals surface area contributed by atoms with Crippen LogP contribution >= 0.6 is 11.6 Å². The number of amides is 1. The molecule has 2 rings (SSSR count). The molecule has 0 fully saturated rings. The molecule has 2 aromatic carbocycles. The molecule has 0 aromatic heterocycles. The van der Waals surface area contributed by atoms with Gasteiger partial charge in [0.25, 0.3) is 5.91 Å². The Morgan fingerprint density at radius 3 is 2.41 bits per heavy atom. The van der Waals surface area contributed by atoms with E-state index in [4.69, 9.17) is 11.6 Å². The van der Waals surface area contributed by atoms with Crippen molar-refractivity contribution in [2.45, 2.75) is 19.5 Å². The number of quaternary nitrogens is 1. The van der Waals surface area contributed by atoms with Gasteiger partial charge in [0.2, 0.25) is 0 Å². The summed E-state index contributed by atoms with van der Waals surface area (Å²) in [6, 6.07) is 16.0. The number of hydrogen-bond acceptors (Lipinski definition) is 1. The smallest absolute Gasteiger partial charge is 0.251 e. The summed E-state index contributed by atoms with van der Waals surface area (Å²) in [5.74, 6) is -0.0586. The minimum Gasteiger partial charge on any atom is -0.355 e. The third-order valence-electron chi connectivity index (χ3n) is 4.04. The van der Waals surface area contributed by atoms with Crippen molar-refractivity contribution in [3.8, 4) is 0 Å². The Morgan fingerprint density at radius 2 is 1.82 bits per heavy atom. The summed E-state index contributed by atoms with van der Waals surface area (Å²) in [6.07, 6.45) is 0. The summed E-state index contributed by atoms with van der Waals surface area (Å²) in [6.45, 7) is 3.05. The molecule has 0 aliphatic carbocycles. The van der Waals surface area contributed by atoms with Gasteiger partial charge in [0.1, 0.15) is 12.6 Å². The third kappa shape index (κ3) is 3.87. The van der Waals surface area contributed by atoms with E-state index in [1.165, 1.54) is 10.5 Å². The van der Waals surface area contributed by atoms with E-state index in [1.54, 1.807) is 7.05 Å². The van der Waals surface area contributed by atoms with E-state index in [-0.39, 0.29) is 5.91 Å². The molecule has 4 heteroatoms. The Kier molecular flexibility index (Phi) is 5.58. The summed E-state index contributed by atoms with van der Waals surface area (Å²) in [5, 5.41) is 3.44. The molecule has 0 aliphatic heterocycles. The number of hydrogen-bond donors (Lipinski definition) is 2. The van der Waals surface area contributed by atoms with E-state index in [0.29, 0.717) is 11.6 Å². The molecule has 0 spiro atoms. The van der Waals surface area contributed by atoms with Gasteiger partial charge in [-0.1, -0.05) is 41.9 Å². The van der Waals surface area contributed by atoms with Crippen LogP contribution in [0.2, 0.25) is 5.02 Å². The molecule has 0 aliphatic rings. The zero-order valence-corrected chi connectivity index (χ0v) is 13.9. The highest BCUT2D eigenvalue weighted by molar-refractivity contribution is 6.31. The summed E-state index contributed by atoms with van der Waals surface area (Å²) >= 11 is 6.28. The van der Waals surface area contributed by atoms with Crippen LogP contribution in [-0.2, 0) is 6.54 Å². The van der Waals surface area contributed by atoms with Gasteiger partial charge in [0.05, 0.1) is 7.05 Å². The molecule has 0 saturated heterocycles. The zero-order chi connectivity index (χ0) is 16.1. The molecule has 0 heterocycles. The highest BCUT2D eigenvalue weighted by Crippen LogP contribution is 2.20. The minimum atomic E-state index is -0.0586. The van der Waals surface area contributed by atoms with Gasteiger partial charge in [-0.3, -0.25) is 4.79 Å². The van der Waals surface area contributed by atoms with Gasteiger partial charge < -0.3 is 10.2 Å². The molecule has 1 unspecified atom stereocenters. The number of nitrogens with one attached hydrogen (secondary N) is 2. The van der Waals surface area contributed by atoms with Crippen LogP contribution in [0.1, 0.15) is 34.5 Å². The minimum absolute atomic E-state index is 0.0586. The molecule has 1 amide bonds. The highest BCUT2D eigenvalue weighted by atomic mass is 35.5. The van der Waals surface area contributed by atoms with E-state index in [1.807, 2.05) is 42.5 Å². The maximum Gasteiger partial charge on any atom is 0.251 e. The number of benzene rings is 2. The number of halogens is 1. The third-order valence-corrected chi connectivity index (χ3v) is 4.38. The zero-order valence-electron chi connectivity index (χ0n) is 13.2. The fourth-order valence-corrected chi connectivity index (χ4v) is 2.78. The Balaban J connectivity index is 2.07. The second-order valence-electron chi connectivity index (χ2n) is 5.54. The van der Waals surface area contributed by atoms with E-state index in [0.717, 1.165) is 17.1 Å². The first-order chi connectivity index (χ1) is 10.5. The van der Waals surface area contributed by atoms with Gasteiger partial charge in [0.15, 0.2) is 0 Å². The van der Waals surface area contributed by atoms with E-state index < -0.39 is 0 Å². The molecule has 0 bridgehead atoms. The summed E-state index contributed by atoms with van der Waals surface area (Å²) < 4.78 is 0. The van der Waals surface area contributed by atoms with Gasteiger partial charge in [-0.2, -0.15) is 0 Å².